The van der Waals surface area contributed by atoms with E-state index in [1.165, 1.54) is 79.5 Å². The molecule has 3 aliphatic heterocycles. The van der Waals surface area contributed by atoms with Crippen molar-refractivity contribution in [3.8, 4) is 17.2 Å². The summed E-state index contributed by atoms with van der Waals surface area (Å²) in [6.45, 7) is 18.5. The summed E-state index contributed by atoms with van der Waals surface area (Å²) in [5.74, 6) is -11.9. The van der Waals surface area contributed by atoms with Crippen LogP contribution in [0.4, 0.5) is 17.1 Å². The molecule has 6 aromatic rings. The van der Waals surface area contributed by atoms with Gasteiger partial charge in [0.2, 0.25) is 37.2 Å². The zero-order valence-electron chi connectivity index (χ0n) is 78.6. The molecular weight excluding hydrogens is 1870 g/mol. The van der Waals surface area contributed by atoms with E-state index in [4.69, 9.17) is 138 Å². The summed E-state index contributed by atoms with van der Waals surface area (Å²) in [7, 11) is 10.9. The minimum absolute atomic E-state index is 0.0453. The molecular formula is C83H112N13O37S3-. The molecule has 6 heterocycles. The number of carbonyl (C=O) groups excluding carboxylic acids is 10. The van der Waals surface area contributed by atoms with E-state index >= 15 is 0 Å². The molecule has 3 aromatic heterocycles. The number of hydrogen-bond donors (Lipinski definition) is 5. The third kappa shape index (κ3) is 39.9. The van der Waals surface area contributed by atoms with Gasteiger partial charge >= 0.3 is 70.8 Å². The van der Waals surface area contributed by atoms with Crippen molar-refractivity contribution in [2.45, 2.75) is 184 Å². The lowest BCUT2D eigenvalue weighted by Crippen LogP contribution is -2.60. The molecule has 3 aliphatic rings. The maximum Gasteiger partial charge on any atom is 0.335 e. The summed E-state index contributed by atoms with van der Waals surface area (Å²) >= 11 is 15.5. The third-order valence-corrected chi connectivity index (χ3v) is 19.0. The number of rotatable bonds is 29. The van der Waals surface area contributed by atoms with Crippen LogP contribution in [0.1, 0.15) is 108 Å². The van der Waals surface area contributed by atoms with Crippen LogP contribution in [0.3, 0.4) is 0 Å². The van der Waals surface area contributed by atoms with Crippen LogP contribution < -0.4 is 35.3 Å². The Morgan fingerprint density at radius 1 is 0.485 bits per heavy atom. The Morgan fingerprint density at radius 2 is 0.757 bits per heavy atom. The number of methoxy groups -OCH3 is 3. The number of ether oxygens (including phenoxy) is 17. The van der Waals surface area contributed by atoms with Crippen molar-refractivity contribution >= 4 is 135 Å². The highest BCUT2D eigenvalue weighted by molar-refractivity contribution is 7.80. The van der Waals surface area contributed by atoms with Gasteiger partial charge in [-0.2, -0.15) is 0 Å². The number of nitro groups is 3. The fourth-order valence-electron chi connectivity index (χ4n) is 11.8. The van der Waals surface area contributed by atoms with Crippen LogP contribution >= 0.6 is 36.7 Å². The number of aromatic nitrogens is 6. The summed E-state index contributed by atoms with van der Waals surface area (Å²) in [6.07, 6.45) is -1.32. The van der Waals surface area contributed by atoms with E-state index in [1.807, 2.05) is 14.1 Å². The largest absolute Gasteiger partial charge is 0.550 e. The maximum absolute atomic E-state index is 12.4. The van der Waals surface area contributed by atoms with Gasteiger partial charge in [0, 0.05) is 162 Å². The van der Waals surface area contributed by atoms with E-state index in [-0.39, 0.29) is 46.4 Å². The molecule has 50 nitrogen and oxygen atoms in total. The first-order valence-corrected chi connectivity index (χ1v) is 41.7. The SMILES string of the molecule is CC(=O)O.CC(=O)[O-].CNCCN(C)C(=S)OCc1ccc(O[C@@H]2O[C@H](C(=O)OC)[C@@H](C)[C@H](OC(C)=O)[C@H]2OC(C)=O)c([N+](=O)[O-])c1.CNCCNC.COC(=O)[C@H]1O[C@@H](Oc2ccc(CO)cc2[N+](=O)[O-])[C@H](OC(C)=O)[C@@H](OC(C)=O)[C@@H]1C.COC(=O)[C@H]1O[C@@H](Oc2ccc(COC(=S)n3ccnc3)cc2[N+](=O)[O-])[C@H](OC(C)=O)[C@@H](OC(C)=O)[C@@H]1C.S=C(n1ccnc1)n1ccnc1.[2H]CC. The normalized spacial score (nSPS) is 20.2. The lowest BCUT2D eigenvalue weighted by molar-refractivity contribution is -0.387. The summed E-state index contributed by atoms with van der Waals surface area (Å²) in [6, 6.07) is 11.8. The van der Waals surface area contributed by atoms with E-state index in [0.29, 0.717) is 36.2 Å². The predicted octanol–water partition coefficient (Wildman–Crippen LogP) is 4.16. The van der Waals surface area contributed by atoms with Gasteiger partial charge in [0.1, 0.15) is 32.2 Å². The molecule has 9 rings (SSSR count). The van der Waals surface area contributed by atoms with Crippen molar-refractivity contribution in [1.82, 2.24) is 49.5 Å². The third-order valence-electron chi connectivity index (χ3n) is 17.8. The van der Waals surface area contributed by atoms with Crippen LogP contribution in [0, 0.1) is 48.1 Å². The van der Waals surface area contributed by atoms with E-state index in [2.05, 4.69) is 30.9 Å². The molecule has 0 unspecified atom stereocenters. The predicted molar refractivity (Wildman–Crippen MR) is 480 cm³/mol. The molecule has 3 fully saturated rings. The Labute approximate surface area is 797 Å². The Balaban J connectivity index is 0.000000605. The number of benzene rings is 3. The highest BCUT2D eigenvalue weighted by Crippen LogP contribution is 2.40. The van der Waals surface area contributed by atoms with E-state index < -0.39 is 196 Å². The first-order valence-electron chi connectivity index (χ1n) is 41.2. The number of carbonyl (C=O) groups is 11. The monoisotopic (exact) mass is 1980 g/mol. The van der Waals surface area contributed by atoms with Crippen LogP contribution in [-0.2, 0) is 139 Å². The molecule has 3 saturated heterocycles. The van der Waals surface area contributed by atoms with Gasteiger partial charge in [-0.05, 0) is 99.6 Å². The van der Waals surface area contributed by atoms with Gasteiger partial charge in [0.15, 0.2) is 59.0 Å². The summed E-state index contributed by atoms with van der Waals surface area (Å²) in [5, 5.41) is 70.7. The zero-order valence-corrected chi connectivity index (χ0v) is 80.0. The van der Waals surface area contributed by atoms with Gasteiger partial charge in [0.25, 0.3) is 16.3 Å². The van der Waals surface area contributed by atoms with Gasteiger partial charge in [-0.3, -0.25) is 77.6 Å². The second-order valence-electron chi connectivity index (χ2n) is 28.1. The number of imidazole rings is 3. The molecule has 0 saturated carbocycles. The fraction of sp³-hybridized carbons (Fsp3) is 0.506. The maximum atomic E-state index is 12.4. The lowest BCUT2D eigenvalue weighted by Gasteiger charge is -2.42. The second-order valence-corrected chi connectivity index (χ2v) is 29.2. The molecule has 0 aliphatic carbocycles. The number of likely N-dealkylation sites (N-methyl/N-ethyl adjacent to an activating group) is 4. The van der Waals surface area contributed by atoms with Crippen LogP contribution in [0.2, 0.25) is 0 Å². The molecule has 3 aromatic carbocycles. The van der Waals surface area contributed by atoms with Gasteiger partial charge in [-0.15, -0.1) is 0 Å². The van der Waals surface area contributed by atoms with Gasteiger partial charge in [-0.1, -0.05) is 52.8 Å². The average Bonchev–Trinajstić information content (AvgIpc) is 1.25. The summed E-state index contributed by atoms with van der Waals surface area (Å²) in [4.78, 5) is 172. The van der Waals surface area contributed by atoms with Gasteiger partial charge in [0.05, 0.1) is 42.7 Å². The van der Waals surface area contributed by atoms with Crippen LogP contribution in [0.15, 0.2) is 111 Å². The summed E-state index contributed by atoms with van der Waals surface area (Å²) < 4.78 is 103. The number of hydrogen-bond acceptors (Lipinski definition) is 45. The van der Waals surface area contributed by atoms with Gasteiger partial charge in [-0.25, -0.2) is 29.3 Å². The molecule has 0 amide bonds. The topological polar surface area (TPSA) is 630 Å². The van der Waals surface area contributed by atoms with Crippen molar-refractivity contribution < 1.29 is 165 Å². The first-order chi connectivity index (χ1) is 64.6. The highest BCUT2D eigenvalue weighted by atomic mass is 32.1. The number of carboxylic acids is 2. The van der Waals surface area contributed by atoms with Crippen molar-refractivity contribution in [2.24, 2.45) is 17.8 Å². The van der Waals surface area contributed by atoms with Crippen LogP contribution in [0.25, 0.3) is 0 Å². The molecule has 5 N–H and O–H groups in total. The van der Waals surface area contributed by atoms with Crippen molar-refractivity contribution in [1.29, 1.82) is 0 Å². The van der Waals surface area contributed by atoms with Crippen molar-refractivity contribution in [3.05, 3.63) is 158 Å². The molecule has 750 valence electrons. The van der Waals surface area contributed by atoms with Crippen molar-refractivity contribution in [2.75, 3.05) is 75.7 Å². The second kappa shape index (κ2) is 61.4. The van der Waals surface area contributed by atoms with Crippen LogP contribution in [-0.4, -0.2) is 289 Å². The molecule has 136 heavy (non-hydrogen) atoms. The molecule has 53 heteroatoms. The number of thiocarbonyl (C=S) groups is 3. The minimum Gasteiger partial charge on any atom is -0.550 e. The Bertz CT molecular complexity index is 4890. The van der Waals surface area contributed by atoms with E-state index in [0.717, 1.165) is 95.9 Å². The smallest absolute Gasteiger partial charge is 0.335 e. The quantitative estimate of drug-likeness (QED) is 0.0110. The zero-order chi connectivity index (χ0) is 104. The fourth-order valence-corrected chi connectivity index (χ4v) is 12.3. The number of aliphatic hydroxyl groups excluding tert-OH is 1. The number of esters is 9. The number of aliphatic hydroxyl groups is 1. The minimum atomic E-state index is -1.57. The Hall–Kier alpha value is -13.6. The van der Waals surface area contributed by atoms with E-state index in [1.54, 1.807) is 85.6 Å². The number of nitrogens with one attached hydrogen (secondary N) is 3. The van der Waals surface area contributed by atoms with Crippen molar-refractivity contribution in [3.63, 3.8) is 0 Å². The number of aliphatic carboxylic acids is 2. The number of nitrogens with zero attached hydrogens (tertiary/aromatic N) is 10. The number of nitro benzene ring substituents is 3. The highest BCUT2D eigenvalue weighted by Gasteiger charge is 2.56. The van der Waals surface area contributed by atoms with E-state index in [9.17, 15) is 78.6 Å². The molecule has 15 atom stereocenters. The van der Waals surface area contributed by atoms with Crippen LogP contribution in [0.5, 0.6) is 17.2 Å². The standard InChI is InChI=1S/C24H33N3O11S.C23H25N3O11S.C19H23NO11.C7H6N4S.C4H12N2.2C2H4O2.C2H6/c1-13-19(35-14(2)28)21(36-15(3)29)23(38-20(13)22(30)33-6)37-18-8-7-16(11-17(18)27(31)32)12-34-24(39)26(5)10-9-25-4;1-12-18(34-13(2)27)20(35-14(3)28)22(37-19(12)21(29)32-4)36-17-6-5-15(9-16(17)26(30)31)10-33-23(38)25-8-7-24-11-25;1-9-15(28-10(2)22)17(29-11(3)23)19(31-16(9)18(24)27-4)30-14-6-5-12(8-21)7-13(14)20(25)26;12-7(10-3-1-8-5-10)11-4-2-9-6-11;1-5-3-4-6-2;2*1-2(3)4;1-2/h7-8,11,13,19-21,23,25H,9-10,12H2,1-6H3;5-9,11-12,18-20,22H,10H2,1-4H3;5-7,9,15-17,19,21H,8H2,1-4H3;1-6H;5-6H,3-4H2,1-2H3;2*1H3,(H,3,4);1-2H3/p-1/t13-,19-,20-,21+,23+;12-,18-,19-,20+,22+;9-,15-,16-,17+,19+;;;;;/m000...../s1/i;;;;;;;1D. The molecule has 0 radical (unpaired) electrons. The van der Waals surface area contributed by atoms with Gasteiger partial charge < -0.3 is 121 Å². The molecule has 0 spiro atoms. The average molecular weight is 1980 g/mol. The first kappa shape index (κ1) is 117. The number of carboxylic acid groups (broad SMARTS) is 2. The summed E-state index contributed by atoms with van der Waals surface area (Å²) in [5.41, 5.74) is -0.326. The Morgan fingerprint density at radius 3 is 1.01 bits per heavy atom. The Kier molecular flexibility index (Phi) is 52.6. The molecule has 0 bridgehead atoms. The lowest BCUT2D eigenvalue weighted by atomic mass is 9.90.